The number of ether oxygens (including phenoxy) is 1. The summed E-state index contributed by atoms with van der Waals surface area (Å²) in [5.41, 5.74) is 6.77. The van der Waals surface area contributed by atoms with E-state index in [0.717, 1.165) is 41.5 Å². The molecule has 4 nitrogen and oxygen atoms in total. The van der Waals surface area contributed by atoms with E-state index in [-0.39, 0.29) is 24.4 Å². The average molecular weight is 378 g/mol. The zero-order chi connectivity index (χ0) is 14.5. The van der Waals surface area contributed by atoms with E-state index in [1.54, 1.807) is 7.11 Å². The highest BCUT2D eigenvalue weighted by Crippen LogP contribution is 2.24. The fourth-order valence-electron chi connectivity index (χ4n) is 2.60. The molecule has 0 unspecified atom stereocenters. The van der Waals surface area contributed by atoms with Crippen LogP contribution in [-0.4, -0.2) is 25.1 Å². The summed E-state index contributed by atoms with van der Waals surface area (Å²) in [6.07, 6.45) is 4.27. The fraction of sp³-hybridized carbons (Fsp3) is 0.533. The summed E-state index contributed by atoms with van der Waals surface area (Å²) in [6, 6.07) is 6.26. The Bertz CT molecular complexity index is 477. The van der Waals surface area contributed by atoms with Gasteiger partial charge in [0, 0.05) is 22.1 Å². The van der Waals surface area contributed by atoms with Crippen molar-refractivity contribution in [1.82, 2.24) is 5.32 Å². The molecule has 0 saturated heterocycles. The first kappa shape index (κ1) is 18.3. The Balaban J connectivity index is 0.00000220. The summed E-state index contributed by atoms with van der Waals surface area (Å²) in [5, 5.41) is 3.09. The van der Waals surface area contributed by atoms with Crippen molar-refractivity contribution in [3.63, 3.8) is 0 Å². The quantitative estimate of drug-likeness (QED) is 0.848. The molecular formula is C15H22BrClN2O2. The van der Waals surface area contributed by atoms with Gasteiger partial charge in [-0.15, -0.1) is 12.4 Å². The van der Waals surface area contributed by atoms with Crippen LogP contribution >= 0.6 is 28.3 Å². The zero-order valence-electron chi connectivity index (χ0n) is 12.1. The lowest BCUT2D eigenvalue weighted by Gasteiger charge is -2.26. The predicted octanol–water partition coefficient (Wildman–Crippen LogP) is 2.81. The van der Waals surface area contributed by atoms with Crippen molar-refractivity contribution in [3.05, 3.63) is 28.2 Å². The Labute approximate surface area is 140 Å². The number of carbonyl (C=O) groups is 1. The molecule has 118 valence electrons. The number of nitrogens with two attached hydrogens (primary N) is 1. The highest BCUT2D eigenvalue weighted by Gasteiger charge is 2.20. The molecule has 1 aliphatic carbocycles. The second-order valence-electron chi connectivity index (χ2n) is 5.31. The summed E-state index contributed by atoms with van der Waals surface area (Å²) >= 11 is 3.42. The predicted molar refractivity (Wildman–Crippen MR) is 90.0 cm³/mol. The van der Waals surface area contributed by atoms with Crippen LogP contribution in [0, 0.1) is 0 Å². The van der Waals surface area contributed by atoms with Gasteiger partial charge in [0.15, 0.2) is 0 Å². The molecule has 1 fully saturated rings. The zero-order valence-corrected chi connectivity index (χ0v) is 14.5. The average Bonchev–Trinajstić information content (AvgIpc) is 2.41. The van der Waals surface area contributed by atoms with Gasteiger partial charge in [0.2, 0.25) is 5.91 Å². The van der Waals surface area contributed by atoms with Crippen molar-refractivity contribution < 1.29 is 9.53 Å². The SMILES string of the molecule is COc1ccc(Br)cc1CC(=O)NC1CCC(N)CC1.Cl. The molecule has 0 heterocycles. The number of rotatable bonds is 4. The molecule has 0 atom stereocenters. The normalized spacial score (nSPS) is 21.3. The largest absolute Gasteiger partial charge is 0.496 e. The van der Waals surface area contributed by atoms with Gasteiger partial charge in [-0.05, 0) is 43.9 Å². The Morgan fingerprint density at radius 3 is 2.67 bits per heavy atom. The molecule has 1 aromatic carbocycles. The molecule has 0 radical (unpaired) electrons. The molecule has 0 aliphatic heterocycles. The minimum absolute atomic E-state index is 0. The summed E-state index contributed by atoms with van der Waals surface area (Å²) in [5.74, 6) is 0.788. The van der Waals surface area contributed by atoms with Gasteiger partial charge in [-0.1, -0.05) is 15.9 Å². The third-order valence-corrected chi connectivity index (χ3v) is 4.22. The number of hydrogen-bond acceptors (Lipinski definition) is 3. The molecule has 6 heteroatoms. The van der Waals surface area contributed by atoms with Crippen LogP contribution in [0.1, 0.15) is 31.2 Å². The van der Waals surface area contributed by atoms with Crippen molar-refractivity contribution in [2.24, 2.45) is 5.73 Å². The van der Waals surface area contributed by atoms with Gasteiger partial charge in [0.25, 0.3) is 0 Å². The van der Waals surface area contributed by atoms with E-state index in [4.69, 9.17) is 10.5 Å². The van der Waals surface area contributed by atoms with Crippen LogP contribution < -0.4 is 15.8 Å². The van der Waals surface area contributed by atoms with Gasteiger partial charge in [-0.25, -0.2) is 0 Å². The smallest absolute Gasteiger partial charge is 0.224 e. The molecule has 3 N–H and O–H groups in total. The second-order valence-corrected chi connectivity index (χ2v) is 6.23. The van der Waals surface area contributed by atoms with E-state index in [0.29, 0.717) is 12.5 Å². The second kappa shape index (κ2) is 8.61. The van der Waals surface area contributed by atoms with Crippen LogP contribution in [-0.2, 0) is 11.2 Å². The van der Waals surface area contributed by atoms with Gasteiger partial charge in [-0.2, -0.15) is 0 Å². The highest BCUT2D eigenvalue weighted by atomic mass is 79.9. The van der Waals surface area contributed by atoms with Crippen molar-refractivity contribution in [2.75, 3.05) is 7.11 Å². The number of amides is 1. The van der Waals surface area contributed by atoms with Crippen molar-refractivity contribution in [1.29, 1.82) is 0 Å². The maximum atomic E-state index is 12.1. The van der Waals surface area contributed by atoms with Gasteiger partial charge < -0.3 is 15.8 Å². The van der Waals surface area contributed by atoms with Crippen LogP contribution in [0.15, 0.2) is 22.7 Å². The molecule has 21 heavy (non-hydrogen) atoms. The minimum Gasteiger partial charge on any atom is -0.496 e. The van der Waals surface area contributed by atoms with Crippen LogP contribution in [0.5, 0.6) is 5.75 Å². The summed E-state index contributed by atoms with van der Waals surface area (Å²) in [4.78, 5) is 12.1. The maximum Gasteiger partial charge on any atom is 0.224 e. The van der Waals surface area contributed by atoms with Crippen LogP contribution in [0.2, 0.25) is 0 Å². The molecule has 0 aromatic heterocycles. The molecule has 1 amide bonds. The summed E-state index contributed by atoms with van der Waals surface area (Å²) < 4.78 is 6.24. The van der Waals surface area contributed by atoms with E-state index in [2.05, 4.69) is 21.2 Å². The maximum absolute atomic E-state index is 12.1. The van der Waals surface area contributed by atoms with Gasteiger partial charge >= 0.3 is 0 Å². The monoisotopic (exact) mass is 376 g/mol. The van der Waals surface area contributed by atoms with Crippen molar-refractivity contribution in [3.8, 4) is 5.75 Å². The number of methoxy groups -OCH3 is 1. The van der Waals surface area contributed by atoms with Crippen LogP contribution in [0.4, 0.5) is 0 Å². The Hall–Kier alpha value is -0.780. The number of hydrogen-bond donors (Lipinski definition) is 2. The molecular weight excluding hydrogens is 356 g/mol. The van der Waals surface area contributed by atoms with Crippen LogP contribution in [0.25, 0.3) is 0 Å². The summed E-state index contributed by atoms with van der Waals surface area (Å²) in [6.45, 7) is 0. The fourth-order valence-corrected chi connectivity index (χ4v) is 3.01. The van der Waals surface area contributed by atoms with Crippen LogP contribution in [0.3, 0.4) is 0 Å². The molecule has 1 saturated carbocycles. The van der Waals surface area contributed by atoms with E-state index in [9.17, 15) is 4.79 Å². The van der Waals surface area contributed by atoms with E-state index < -0.39 is 0 Å². The third-order valence-electron chi connectivity index (χ3n) is 3.73. The Morgan fingerprint density at radius 2 is 2.05 bits per heavy atom. The van der Waals surface area contributed by atoms with E-state index in [1.165, 1.54) is 0 Å². The molecule has 1 aliphatic rings. The number of carbonyl (C=O) groups excluding carboxylic acids is 1. The minimum atomic E-state index is 0. The van der Waals surface area contributed by atoms with Crippen molar-refractivity contribution in [2.45, 2.75) is 44.2 Å². The summed E-state index contributed by atoms with van der Waals surface area (Å²) in [7, 11) is 1.62. The number of halogens is 2. The van der Waals surface area contributed by atoms with E-state index in [1.807, 2.05) is 18.2 Å². The Kier molecular flexibility index (Phi) is 7.49. The topological polar surface area (TPSA) is 64.3 Å². The van der Waals surface area contributed by atoms with Gasteiger partial charge in [-0.3, -0.25) is 4.79 Å². The molecule has 0 bridgehead atoms. The highest BCUT2D eigenvalue weighted by molar-refractivity contribution is 9.10. The van der Waals surface area contributed by atoms with Gasteiger partial charge in [0.05, 0.1) is 13.5 Å². The standard InChI is InChI=1S/C15H21BrN2O2.ClH/c1-20-14-7-2-11(16)8-10(14)9-15(19)18-13-5-3-12(17)4-6-13;/h2,7-8,12-13H,3-6,9,17H2,1H3,(H,18,19);1H. The van der Waals surface area contributed by atoms with Gasteiger partial charge in [0.1, 0.15) is 5.75 Å². The third kappa shape index (κ3) is 5.49. The molecule has 2 rings (SSSR count). The molecule has 1 aromatic rings. The molecule has 0 spiro atoms. The lowest BCUT2D eigenvalue weighted by Crippen LogP contribution is -2.41. The van der Waals surface area contributed by atoms with Crippen molar-refractivity contribution >= 4 is 34.2 Å². The first-order chi connectivity index (χ1) is 9.58. The first-order valence-corrected chi connectivity index (χ1v) is 7.75. The van der Waals surface area contributed by atoms with E-state index >= 15 is 0 Å². The Morgan fingerprint density at radius 1 is 1.38 bits per heavy atom. The first-order valence-electron chi connectivity index (χ1n) is 6.96. The number of nitrogens with one attached hydrogen (secondary N) is 1. The lowest BCUT2D eigenvalue weighted by molar-refractivity contribution is -0.121. The number of benzene rings is 1. The lowest BCUT2D eigenvalue weighted by atomic mass is 9.91.